The van der Waals surface area contributed by atoms with Crippen molar-refractivity contribution in [2.75, 3.05) is 23.8 Å². The van der Waals surface area contributed by atoms with E-state index in [0.717, 1.165) is 18.2 Å². The molecule has 1 heterocycles. The van der Waals surface area contributed by atoms with Crippen molar-refractivity contribution in [3.63, 3.8) is 0 Å². The molecular formula is C11H19N3. The van der Waals surface area contributed by atoms with Crippen LogP contribution in [0.25, 0.3) is 0 Å². The molecule has 0 amide bonds. The second kappa shape index (κ2) is 4.84. The van der Waals surface area contributed by atoms with Gasteiger partial charge in [0, 0.05) is 19.6 Å². The minimum Gasteiger partial charge on any atom is -0.370 e. The zero-order valence-electron chi connectivity index (χ0n) is 9.41. The largest absolute Gasteiger partial charge is 0.370 e. The third kappa shape index (κ3) is 2.62. The normalized spacial score (nSPS) is 10.4. The van der Waals surface area contributed by atoms with Crippen LogP contribution in [0.3, 0.4) is 0 Å². The van der Waals surface area contributed by atoms with Gasteiger partial charge >= 0.3 is 0 Å². The number of aromatic nitrogens is 1. The van der Waals surface area contributed by atoms with Crippen LogP contribution >= 0.6 is 0 Å². The molecule has 3 heteroatoms. The van der Waals surface area contributed by atoms with Gasteiger partial charge in [0.2, 0.25) is 0 Å². The standard InChI is InChI=1S/C11H19N3/c1-5-12-10-7-6-8-11(13-10)14(4)9(2)3/h6-9H,5H2,1-4H3,(H,12,13). The number of rotatable bonds is 4. The second-order valence-electron chi connectivity index (χ2n) is 3.62. The summed E-state index contributed by atoms with van der Waals surface area (Å²) >= 11 is 0. The Bertz CT molecular complexity index is 284. The van der Waals surface area contributed by atoms with E-state index in [9.17, 15) is 0 Å². The number of pyridine rings is 1. The molecule has 0 aromatic carbocycles. The van der Waals surface area contributed by atoms with Crippen LogP contribution in [0.1, 0.15) is 20.8 Å². The van der Waals surface area contributed by atoms with Crippen molar-refractivity contribution >= 4 is 11.6 Å². The van der Waals surface area contributed by atoms with Gasteiger partial charge in [-0.15, -0.1) is 0 Å². The van der Waals surface area contributed by atoms with Crippen LogP contribution in [-0.4, -0.2) is 24.6 Å². The maximum absolute atomic E-state index is 4.50. The number of nitrogens with zero attached hydrogens (tertiary/aromatic N) is 2. The lowest BCUT2D eigenvalue weighted by atomic mass is 10.3. The van der Waals surface area contributed by atoms with Crippen molar-refractivity contribution in [3.8, 4) is 0 Å². The molecule has 0 spiro atoms. The first-order chi connectivity index (χ1) is 6.65. The summed E-state index contributed by atoms with van der Waals surface area (Å²) in [4.78, 5) is 6.65. The van der Waals surface area contributed by atoms with E-state index < -0.39 is 0 Å². The molecule has 0 aliphatic carbocycles. The Morgan fingerprint density at radius 1 is 1.43 bits per heavy atom. The Balaban J connectivity index is 2.82. The fourth-order valence-corrected chi connectivity index (χ4v) is 1.16. The molecule has 3 nitrogen and oxygen atoms in total. The Kier molecular flexibility index (Phi) is 3.74. The second-order valence-corrected chi connectivity index (χ2v) is 3.62. The number of nitrogens with one attached hydrogen (secondary N) is 1. The van der Waals surface area contributed by atoms with Gasteiger partial charge in [-0.05, 0) is 32.9 Å². The minimum atomic E-state index is 0.472. The summed E-state index contributed by atoms with van der Waals surface area (Å²) in [7, 11) is 2.06. The topological polar surface area (TPSA) is 28.2 Å². The number of hydrogen-bond donors (Lipinski definition) is 1. The van der Waals surface area contributed by atoms with Gasteiger partial charge in [-0.1, -0.05) is 6.07 Å². The summed E-state index contributed by atoms with van der Waals surface area (Å²) in [6.07, 6.45) is 0. The predicted octanol–water partition coefficient (Wildman–Crippen LogP) is 2.36. The van der Waals surface area contributed by atoms with Gasteiger partial charge in [0.1, 0.15) is 11.6 Å². The Morgan fingerprint density at radius 2 is 2.14 bits per heavy atom. The van der Waals surface area contributed by atoms with Crippen molar-refractivity contribution in [2.45, 2.75) is 26.8 Å². The molecule has 14 heavy (non-hydrogen) atoms. The Morgan fingerprint density at radius 3 is 2.71 bits per heavy atom. The Labute approximate surface area is 86.2 Å². The van der Waals surface area contributed by atoms with Crippen molar-refractivity contribution < 1.29 is 0 Å². The van der Waals surface area contributed by atoms with E-state index in [1.807, 2.05) is 18.2 Å². The van der Waals surface area contributed by atoms with E-state index in [2.05, 4.69) is 43.0 Å². The van der Waals surface area contributed by atoms with Crippen molar-refractivity contribution in [1.82, 2.24) is 4.98 Å². The molecule has 78 valence electrons. The summed E-state index contributed by atoms with van der Waals surface area (Å²) in [5, 5.41) is 3.20. The van der Waals surface area contributed by atoms with Gasteiger partial charge in [-0.25, -0.2) is 4.98 Å². The quantitative estimate of drug-likeness (QED) is 0.795. The maximum atomic E-state index is 4.50. The molecule has 1 aromatic heterocycles. The van der Waals surface area contributed by atoms with Gasteiger partial charge in [0.25, 0.3) is 0 Å². The highest BCUT2D eigenvalue weighted by Crippen LogP contribution is 2.14. The van der Waals surface area contributed by atoms with Crippen molar-refractivity contribution in [1.29, 1.82) is 0 Å². The van der Waals surface area contributed by atoms with E-state index in [-0.39, 0.29) is 0 Å². The molecule has 0 radical (unpaired) electrons. The van der Waals surface area contributed by atoms with Gasteiger partial charge in [0.15, 0.2) is 0 Å². The maximum Gasteiger partial charge on any atom is 0.130 e. The Hall–Kier alpha value is -1.25. The van der Waals surface area contributed by atoms with Gasteiger partial charge in [0.05, 0.1) is 0 Å². The molecule has 1 aromatic rings. The van der Waals surface area contributed by atoms with Crippen LogP contribution in [-0.2, 0) is 0 Å². The summed E-state index contributed by atoms with van der Waals surface area (Å²) < 4.78 is 0. The average Bonchev–Trinajstić information content (AvgIpc) is 2.17. The number of hydrogen-bond acceptors (Lipinski definition) is 3. The van der Waals surface area contributed by atoms with E-state index in [0.29, 0.717) is 6.04 Å². The molecule has 1 rings (SSSR count). The predicted molar refractivity (Wildman–Crippen MR) is 61.9 cm³/mol. The monoisotopic (exact) mass is 193 g/mol. The fourth-order valence-electron chi connectivity index (χ4n) is 1.16. The van der Waals surface area contributed by atoms with E-state index >= 15 is 0 Å². The first kappa shape index (κ1) is 10.8. The minimum absolute atomic E-state index is 0.472. The first-order valence-corrected chi connectivity index (χ1v) is 5.09. The molecule has 0 aliphatic rings. The summed E-state index contributed by atoms with van der Waals surface area (Å²) in [5.41, 5.74) is 0. The van der Waals surface area contributed by atoms with E-state index in [1.54, 1.807) is 0 Å². The molecule has 1 N–H and O–H groups in total. The molecule has 0 saturated carbocycles. The van der Waals surface area contributed by atoms with Crippen LogP contribution in [0.5, 0.6) is 0 Å². The zero-order valence-corrected chi connectivity index (χ0v) is 9.41. The van der Waals surface area contributed by atoms with Crippen LogP contribution in [0.15, 0.2) is 18.2 Å². The molecule has 0 bridgehead atoms. The lowest BCUT2D eigenvalue weighted by molar-refractivity contribution is 0.743. The fraction of sp³-hybridized carbons (Fsp3) is 0.545. The van der Waals surface area contributed by atoms with Crippen LogP contribution in [0.4, 0.5) is 11.6 Å². The molecular weight excluding hydrogens is 174 g/mol. The lowest BCUT2D eigenvalue weighted by Crippen LogP contribution is -2.26. The number of anilines is 2. The molecule has 0 saturated heterocycles. The summed E-state index contributed by atoms with van der Waals surface area (Å²) in [6.45, 7) is 7.28. The zero-order chi connectivity index (χ0) is 10.6. The highest BCUT2D eigenvalue weighted by atomic mass is 15.2. The summed E-state index contributed by atoms with van der Waals surface area (Å²) in [5.74, 6) is 1.95. The van der Waals surface area contributed by atoms with Gasteiger partial charge in [-0.2, -0.15) is 0 Å². The highest BCUT2D eigenvalue weighted by Gasteiger charge is 2.05. The van der Waals surface area contributed by atoms with Crippen LogP contribution in [0, 0.1) is 0 Å². The van der Waals surface area contributed by atoms with Crippen LogP contribution < -0.4 is 10.2 Å². The molecule has 0 atom stereocenters. The SMILES string of the molecule is CCNc1cccc(N(C)C(C)C)n1. The van der Waals surface area contributed by atoms with E-state index in [1.165, 1.54) is 0 Å². The third-order valence-corrected chi connectivity index (χ3v) is 2.23. The van der Waals surface area contributed by atoms with Crippen LogP contribution in [0.2, 0.25) is 0 Å². The van der Waals surface area contributed by atoms with E-state index in [4.69, 9.17) is 0 Å². The van der Waals surface area contributed by atoms with Crippen molar-refractivity contribution in [3.05, 3.63) is 18.2 Å². The first-order valence-electron chi connectivity index (χ1n) is 5.09. The molecule has 0 aliphatic heterocycles. The van der Waals surface area contributed by atoms with Gasteiger partial charge in [-0.3, -0.25) is 0 Å². The lowest BCUT2D eigenvalue weighted by Gasteiger charge is -2.22. The smallest absolute Gasteiger partial charge is 0.130 e. The highest BCUT2D eigenvalue weighted by molar-refractivity contribution is 5.46. The molecule has 0 unspecified atom stereocenters. The average molecular weight is 193 g/mol. The summed E-state index contributed by atoms with van der Waals surface area (Å²) in [6, 6.07) is 6.51. The van der Waals surface area contributed by atoms with Crippen molar-refractivity contribution in [2.24, 2.45) is 0 Å². The molecule has 0 fully saturated rings. The van der Waals surface area contributed by atoms with Gasteiger partial charge < -0.3 is 10.2 Å². The third-order valence-electron chi connectivity index (χ3n) is 2.23.